The molecular formula is C13H19NO. The monoisotopic (exact) mass is 205 g/mol. The number of hydrogen-bond donors (Lipinski definition) is 1. The maximum Gasteiger partial charge on any atom is 0.145 e. The van der Waals surface area contributed by atoms with Crippen LogP contribution >= 0.6 is 0 Å². The summed E-state index contributed by atoms with van der Waals surface area (Å²) in [6.07, 6.45) is 3.98. The molecule has 1 aliphatic carbocycles. The number of nitrogen functional groups attached to an aromatic ring is 1. The van der Waals surface area contributed by atoms with Crippen molar-refractivity contribution in [2.24, 2.45) is 5.92 Å². The smallest absolute Gasteiger partial charge is 0.145 e. The predicted octanol–water partition coefficient (Wildman–Crippen LogP) is 3.06. The standard InChI is InChI=1S/C13H19NO/c1-9-6-10(2)13(12(14)7-9)15-8-11-4-3-5-11/h6-7,11H,3-5,8,14H2,1-2H3. The predicted molar refractivity (Wildman–Crippen MR) is 63.2 cm³/mol. The fourth-order valence-electron chi connectivity index (χ4n) is 2.05. The van der Waals surface area contributed by atoms with Gasteiger partial charge in [0.05, 0.1) is 12.3 Å². The summed E-state index contributed by atoms with van der Waals surface area (Å²) in [6, 6.07) is 4.09. The van der Waals surface area contributed by atoms with Gasteiger partial charge >= 0.3 is 0 Å². The zero-order valence-electron chi connectivity index (χ0n) is 9.55. The highest BCUT2D eigenvalue weighted by Crippen LogP contribution is 2.31. The van der Waals surface area contributed by atoms with Gasteiger partial charge in [0.25, 0.3) is 0 Å². The van der Waals surface area contributed by atoms with E-state index >= 15 is 0 Å². The number of ether oxygens (including phenoxy) is 1. The van der Waals surface area contributed by atoms with E-state index in [4.69, 9.17) is 10.5 Å². The van der Waals surface area contributed by atoms with E-state index in [1.165, 1.54) is 24.8 Å². The highest BCUT2D eigenvalue weighted by atomic mass is 16.5. The number of aryl methyl sites for hydroxylation is 2. The Balaban J connectivity index is 2.05. The average Bonchev–Trinajstić information content (AvgIpc) is 2.06. The molecule has 1 aliphatic rings. The summed E-state index contributed by atoms with van der Waals surface area (Å²) in [6.45, 7) is 4.94. The molecule has 0 radical (unpaired) electrons. The maximum absolute atomic E-state index is 5.94. The van der Waals surface area contributed by atoms with Crippen LogP contribution in [0.25, 0.3) is 0 Å². The second-order valence-electron chi connectivity index (χ2n) is 4.61. The molecule has 82 valence electrons. The molecule has 1 aromatic rings. The van der Waals surface area contributed by atoms with E-state index in [0.29, 0.717) is 0 Å². The minimum absolute atomic E-state index is 0.755. The molecule has 0 heterocycles. The lowest BCUT2D eigenvalue weighted by Gasteiger charge is -2.26. The first kappa shape index (κ1) is 10.3. The zero-order chi connectivity index (χ0) is 10.8. The van der Waals surface area contributed by atoms with Crippen LogP contribution in [0.1, 0.15) is 30.4 Å². The molecule has 0 amide bonds. The number of rotatable bonds is 3. The Hall–Kier alpha value is -1.18. The highest BCUT2D eigenvalue weighted by molar-refractivity contribution is 5.58. The van der Waals surface area contributed by atoms with Crippen LogP contribution in [-0.4, -0.2) is 6.61 Å². The minimum Gasteiger partial charge on any atom is -0.491 e. The third kappa shape index (κ3) is 2.25. The van der Waals surface area contributed by atoms with E-state index in [1.54, 1.807) is 0 Å². The van der Waals surface area contributed by atoms with E-state index in [0.717, 1.165) is 29.5 Å². The van der Waals surface area contributed by atoms with Gasteiger partial charge in [-0.15, -0.1) is 0 Å². The summed E-state index contributed by atoms with van der Waals surface area (Å²) < 4.78 is 5.80. The van der Waals surface area contributed by atoms with Crippen molar-refractivity contribution in [3.63, 3.8) is 0 Å². The van der Waals surface area contributed by atoms with Crippen molar-refractivity contribution in [3.05, 3.63) is 23.3 Å². The lowest BCUT2D eigenvalue weighted by atomic mass is 9.86. The van der Waals surface area contributed by atoms with Crippen molar-refractivity contribution in [2.75, 3.05) is 12.3 Å². The molecule has 0 aromatic heterocycles. The van der Waals surface area contributed by atoms with Gasteiger partial charge in [0.1, 0.15) is 5.75 Å². The Morgan fingerprint density at radius 3 is 2.60 bits per heavy atom. The topological polar surface area (TPSA) is 35.2 Å². The second kappa shape index (κ2) is 4.13. The van der Waals surface area contributed by atoms with Gasteiger partial charge in [-0.25, -0.2) is 0 Å². The Kier molecular flexibility index (Phi) is 2.85. The van der Waals surface area contributed by atoms with Crippen LogP contribution in [-0.2, 0) is 0 Å². The third-order valence-electron chi connectivity index (χ3n) is 3.14. The van der Waals surface area contributed by atoms with Gasteiger partial charge in [0, 0.05) is 0 Å². The molecule has 1 fully saturated rings. The van der Waals surface area contributed by atoms with Crippen molar-refractivity contribution in [1.29, 1.82) is 0 Å². The molecule has 0 spiro atoms. The van der Waals surface area contributed by atoms with Crippen molar-refractivity contribution < 1.29 is 4.74 Å². The van der Waals surface area contributed by atoms with E-state index in [9.17, 15) is 0 Å². The van der Waals surface area contributed by atoms with Crippen LogP contribution in [0.4, 0.5) is 5.69 Å². The first-order valence-corrected chi connectivity index (χ1v) is 5.66. The molecule has 2 nitrogen and oxygen atoms in total. The largest absolute Gasteiger partial charge is 0.491 e. The average molecular weight is 205 g/mol. The first-order valence-electron chi connectivity index (χ1n) is 5.66. The molecular weight excluding hydrogens is 186 g/mol. The molecule has 15 heavy (non-hydrogen) atoms. The minimum atomic E-state index is 0.755. The van der Waals surface area contributed by atoms with Crippen molar-refractivity contribution >= 4 is 5.69 Å². The molecule has 1 aromatic carbocycles. The maximum atomic E-state index is 5.94. The summed E-state index contributed by atoms with van der Waals surface area (Å²) in [7, 11) is 0. The molecule has 0 bridgehead atoms. The normalized spacial score (nSPS) is 16.1. The SMILES string of the molecule is Cc1cc(C)c(OCC2CCC2)c(N)c1. The molecule has 0 aliphatic heterocycles. The van der Waals surface area contributed by atoms with Crippen molar-refractivity contribution in [3.8, 4) is 5.75 Å². The zero-order valence-corrected chi connectivity index (χ0v) is 9.55. The molecule has 0 atom stereocenters. The molecule has 2 heteroatoms. The second-order valence-corrected chi connectivity index (χ2v) is 4.61. The van der Waals surface area contributed by atoms with Gasteiger partial charge in [0.2, 0.25) is 0 Å². The fourth-order valence-corrected chi connectivity index (χ4v) is 2.05. The summed E-state index contributed by atoms with van der Waals surface area (Å²) in [5.41, 5.74) is 9.05. The Morgan fingerprint density at radius 2 is 2.07 bits per heavy atom. The van der Waals surface area contributed by atoms with Gasteiger partial charge in [-0.2, -0.15) is 0 Å². The van der Waals surface area contributed by atoms with Crippen LogP contribution in [0.5, 0.6) is 5.75 Å². The Bertz CT molecular complexity index is 333. The lowest BCUT2D eigenvalue weighted by molar-refractivity contribution is 0.180. The summed E-state index contributed by atoms with van der Waals surface area (Å²) >= 11 is 0. The Labute approximate surface area is 91.4 Å². The first-order chi connectivity index (χ1) is 7.16. The van der Waals surface area contributed by atoms with Gasteiger partial charge in [-0.3, -0.25) is 0 Å². The van der Waals surface area contributed by atoms with E-state index in [2.05, 4.69) is 19.9 Å². The van der Waals surface area contributed by atoms with Gasteiger partial charge in [-0.1, -0.05) is 12.5 Å². The number of nitrogens with two attached hydrogens (primary N) is 1. The van der Waals surface area contributed by atoms with E-state index in [1.807, 2.05) is 6.07 Å². The number of anilines is 1. The molecule has 1 saturated carbocycles. The third-order valence-corrected chi connectivity index (χ3v) is 3.14. The van der Waals surface area contributed by atoms with Gasteiger partial charge < -0.3 is 10.5 Å². The highest BCUT2D eigenvalue weighted by Gasteiger charge is 2.18. The molecule has 2 N–H and O–H groups in total. The van der Waals surface area contributed by atoms with Crippen molar-refractivity contribution in [2.45, 2.75) is 33.1 Å². The fraction of sp³-hybridized carbons (Fsp3) is 0.538. The summed E-state index contributed by atoms with van der Waals surface area (Å²) in [5, 5.41) is 0. The molecule has 0 unspecified atom stereocenters. The van der Waals surface area contributed by atoms with Crippen molar-refractivity contribution in [1.82, 2.24) is 0 Å². The lowest BCUT2D eigenvalue weighted by Crippen LogP contribution is -2.19. The van der Waals surface area contributed by atoms with E-state index < -0.39 is 0 Å². The molecule has 2 rings (SSSR count). The molecule has 0 saturated heterocycles. The number of benzene rings is 1. The van der Waals surface area contributed by atoms with Gasteiger partial charge in [-0.05, 0) is 49.8 Å². The van der Waals surface area contributed by atoms with Crippen LogP contribution < -0.4 is 10.5 Å². The van der Waals surface area contributed by atoms with Crippen LogP contribution in [0, 0.1) is 19.8 Å². The Morgan fingerprint density at radius 1 is 1.33 bits per heavy atom. The van der Waals surface area contributed by atoms with E-state index in [-0.39, 0.29) is 0 Å². The van der Waals surface area contributed by atoms with Crippen LogP contribution in [0.15, 0.2) is 12.1 Å². The van der Waals surface area contributed by atoms with Crippen LogP contribution in [0.3, 0.4) is 0 Å². The quantitative estimate of drug-likeness (QED) is 0.770. The summed E-state index contributed by atoms with van der Waals surface area (Å²) in [4.78, 5) is 0. The van der Waals surface area contributed by atoms with Gasteiger partial charge in [0.15, 0.2) is 0 Å². The van der Waals surface area contributed by atoms with Crippen LogP contribution in [0.2, 0.25) is 0 Å². The summed E-state index contributed by atoms with van der Waals surface area (Å²) in [5.74, 6) is 1.64. The number of hydrogen-bond acceptors (Lipinski definition) is 2.